The molecule has 2 aliphatic rings. The summed E-state index contributed by atoms with van der Waals surface area (Å²) in [7, 11) is 0. The van der Waals surface area contributed by atoms with Crippen molar-refractivity contribution < 1.29 is 19.4 Å². The maximum absolute atomic E-state index is 11.5. The molecule has 114 valence electrons. The summed E-state index contributed by atoms with van der Waals surface area (Å²) in [5.41, 5.74) is 1.11. The molecular weight excluding hydrogens is 270 g/mol. The molecule has 2 atom stereocenters. The number of aliphatic carboxylic acids is 1. The molecule has 0 aromatic heterocycles. The summed E-state index contributed by atoms with van der Waals surface area (Å²) in [5.74, 6) is 0.811. The van der Waals surface area contributed by atoms with Crippen LogP contribution < -0.4 is 9.47 Å². The van der Waals surface area contributed by atoms with E-state index in [0.29, 0.717) is 0 Å². The molecule has 0 saturated carbocycles. The van der Waals surface area contributed by atoms with Crippen LogP contribution in [-0.2, 0) is 4.79 Å². The van der Waals surface area contributed by atoms with E-state index in [9.17, 15) is 9.90 Å². The quantitative estimate of drug-likeness (QED) is 0.924. The van der Waals surface area contributed by atoms with Gasteiger partial charge in [-0.25, -0.2) is 0 Å². The third-order valence-corrected chi connectivity index (χ3v) is 4.40. The van der Waals surface area contributed by atoms with Crippen molar-refractivity contribution in [2.45, 2.75) is 44.7 Å². The average molecular weight is 291 g/mol. The van der Waals surface area contributed by atoms with Crippen LogP contribution in [0.25, 0.3) is 0 Å². The lowest BCUT2D eigenvalue weighted by molar-refractivity contribution is -0.146. The van der Waals surface area contributed by atoms with Gasteiger partial charge in [-0.05, 0) is 43.5 Å². The maximum atomic E-state index is 11.5. The van der Waals surface area contributed by atoms with E-state index < -0.39 is 5.97 Å². The molecule has 3 rings (SSSR count). The van der Waals surface area contributed by atoms with Crippen LogP contribution >= 0.6 is 0 Å². The van der Waals surface area contributed by atoms with Gasteiger partial charge in [0.15, 0.2) is 11.5 Å². The fourth-order valence-corrected chi connectivity index (χ4v) is 3.37. The van der Waals surface area contributed by atoms with Crippen molar-refractivity contribution in [1.82, 2.24) is 4.90 Å². The number of carboxylic acid groups (broad SMARTS) is 1. The van der Waals surface area contributed by atoms with Gasteiger partial charge in [0.2, 0.25) is 6.79 Å². The first-order chi connectivity index (χ1) is 10.2. The topological polar surface area (TPSA) is 59.0 Å². The first kappa shape index (κ1) is 14.2. The fourth-order valence-electron chi connectivity index (χ4n) is 3.37. The number of nitrogens with zero attached hydrogens (tertiary/aromatic N) is 1. The molecule has 5 heteroatoms. The molecule has 1 saturated heterocycles. The molecule has 2 aliphatic heterocycles. The maximum Gasteiger partial charge on any atom is 0.320 e. The normalized spacial score (nSPS) is 23.0. The minimum absolute atomic E-state index is 0.112. The van der Waals surface area contributed by atoms with Crippen LogP contribution in [0.3, 0.4) is 0 Å². The second kappa shape index (κ2) is 5.93. The Morgan fingerprint density at radius 1 is 1.38 bits per heavy atom. The van der Waals surface area contributed by atoms with Crippen molar-refractivity contribution in [3.63, 3.8) is 0 Å². The van der Waals surface area contributed by atoms with E-state index >= 15 is 0 Å². The molecule has 2 heterocycles. The van der Waals surface area contributed by atoms with E-state index in [1.54, 1.807) is 0 Å². The van der Waals surface area contributed by atoms with Gasteiger partial charge in [-0.15, -0.1) is 0 Å². The van der Waals surface area contributed by atoms with Gasteiger partial charge in [-0.3, -0.25) is 9.69 Å². The smallest absolute Gasteiger partial charge is 0.320 e. The Morgan fingerprint density at radius 3 is 2.95 bits per heavy atom. The summed E-state index contributed by atoms with van der Waals surface area (Å²) in [5, 5.41) is 9.47. The Labute approximate surface area is 124 Å². The number of likely N-dealkylation sites (tertiary alicyclic amines) is 1. The van der Waals surface area contributed by atoms with E-state index in [1.807, 2.05) is 18.2 Å². The van der Waals surface area contributed by atoms with Gasteiger partial charge in [-0.1, -0.05) is 19.4 Å². The molecule has 0 aliphatic carbocycles. The van der Waals surface area contributed by atoms with Gasteiger partial charge >= 0.3 is 5.97 Å². The summed E-state index contributed by atoms with van der Waals surface area (Å²) in [6.07, 6.45) is 3.66. The standard InChI is InChI=1S/C16H21NO4/c1-2-12(17-8-4-3-5-13(17)16(18)19)11-6-7-14-15(9-11)21-10-20-14/h6-7,9,12-13H,2-5,8,10H2,1H3,(H,18,19). The van der Waals surface area contributed by atoms with Crippen LogP contribution in [0.5, 0.6) is 11.5 Å². The third-order valence-electron chi connectivity index (χ3n) is 4.40. The summed E-state index contributed by atoms with van der Waals surface area (Å²) >= 11 is 0. The number of ether oxygens (including phenoxy) is 2. The lowest BCUT2D eigenvalue weighted by Gasteiger charge is -2.39. The highest BCUT2D eigenvalue weighted by atomic mass is 16.7. The number of benzene rings is 1. The zero-order valence-electron chi connectivity index (χ0n) is 12.2. The first-order valence-electron chi connectivity index (χ1n) is 7.58. The van der Waals surface area contributed by atoms with Crippen LogP contribution in [0.1, 0.15) is 44.2 Å². The number of carboxylic acids is 1. The molecule has 1 fully saturated rings. The van der Waals surface area contributed by atoms with E-state index in [0.717, 1.165) is 49.3 Å². The monoisotopic (exact) mass is 291 g/mol. The summed E-state index contributed by atoms with van der Waals surface area (Å²) in [6.45, 7) is 3.20. The second-order valence-corrected chi connectivity index (χ2v) is 5.62. The van der Waals surface area contributed by atoms with Crippen molar-refractivity contribution in [2.75, 3.05) is 13.3 Å². The molecule has 1 N–H and O–H groups in total. The zero-order valence-corrected chi connectivity index (χ0v) is 12.2. The number of piperidine rings is 1. The van der Waals surface area contributed by atoms with Crippen LogP contribution in [-0.4, -0.2) is 35.4 Å². The average Bonchev–Trinajstić information content (AvgIpc) is 2.96. The summed E-state index contributed by atoms with van der Waals surface area (Å²) < 4.78 is 10.8. The minimum Gasteiger partial charge on any atom is -0.480 e. The molecule has 5 nitrogen and oxygen atoms in total. The largest absolute Gasteiger partial charge is 0.480 e. The van der Waals surface area contributed by atoms with Gasteiger partial charge in [0, 0.05) is 6.04 Å². The van der Waals surface area contributed by atoms with Crippen LogP contribution in [0, 0.1) is 0 Å². The lowest BCUT2D eigenvalue weighted by Crippen LogP contribution is -2.46. The Morgan fingerprint density at radius 2 is 2.19 bits per heavy atom. The molecule has 1 aromatic rings. The van der Waals surface area contributed by atoms with Crippen molar-refractivity contribution in [2.24, 2.45) is 0 Å². The van der Waals surface area contributed by atoms with Gasteiger partial charge in [-0.2, -0.15) is 0 Å². The molecule has 0 bridgehead atoms. The number of hydrogen-bond acceptors (Lipinski definition) is 4. The number of hydrogen-bond donors (Lipinski definition) is 1. The molecule has 0 amide bonds. The Kier molecular flexibility index (Phi) is 4.01. The predicted molar refractivity (Wildman–Crippen MR) is 77.6 cm³/mol. The fraction of sp³-hybridized carbons (Fsp3) is 0.562. The van der Waals surface area contributed by atoms with Crippen molar-refractivity contribution >= 4 is 5.97 Å². The predicted octanol–water partition coefficient (Wildman–Crippen LogP) is 2.81. The molecule has 0 spiro atoms. The second-order valence-electron chi connectivity index (χ2n) is 5.62. The highest BCUT2D eigenvalue weighted by Gasteiger charge is 2.33. The van der Waals surface area contributed by atoms with Crippen molar-refractivity contribution in [3.8, 4) is 11.5 Å². The van der Waals surface area contributed by atoms with Gasteiger partial charge < -0.3 is 14.6 Å². The van der Waals surface area contributed by atoms with Crippen LogP contribution in [0.2, 0.25) is 0 Å². The Hall–Kier alpha value is -1.75. The molecular formula is C16H21NO4. The summed E-state index contributed by atoms with van der Waals surface area (Å²) in [4.78, 5) is 13.6. The van der Waals surface area contributed by atoms with E-state index in [4.69, 9.17) is 9.47 Å². The highest BCUT2D eigenvalue weighted by molar-refractivity contribution is 5.73. The molecule has 2 unspecified atom stereocenters. The van der Waals surface area contributed by atoms with E-state index in [1.165, 1.54) is 0 Å². The van der Waals surface area contributed by atoms with Crippen LogP contribution in [0.4, 0.5) is 0 Å². The van der Waals surface area contributed by atoms with Crippen molar-refractivity contribution in [1.29, 1.82) is 0 Å². The first-order valence-corrected chi connectivity index (χ1v) is 7.58. The highest BCUT2D eigenvalue weighted by Crippen LogP contribution is 2.38. The van der Waals surface area contributed by atoms with Crippen molar-refractivity contribution in [3.05, 3.63) is 23.8 Å². The number of carbonyl (C=O) groups is 1. The Bertz CT molecular complexity index is 531. The molecule has 0 radical (unpaired) electrons. The lowest BCUT2D eigenvalue weighted by atomic mass is 9.94. The number of fused-ring (bicyclic) bond motifs is 1. The third kappa shape index (κ3) is 2.70. The molecule has 21 heavy (non-hydrogen) atoms. The van der Waals surface area contributed by atoms with Gasteiger partial charge in [0.1, 0.15) is 6.04 Å². The zero-order chi connectivity index (χ0) is 14.8. The Balaban J connectivity index is 1.88. The number of rotatable bonds is 4. The van der Waals surface area contributed by atoms with E-state index in [2.05, 4.69) is 11.8 Å². The minimum atomic E-state index is -0.714. The SMILES string of the molecule is CCC(c1ccc2c(c1)OCO2)N1CCCCC1C(=O)O. The van der Waals surface area contributed by atoms with Crippen LogP contribution in [0.15, 0.2) is 18.2 Å². The van der Waals surface area contributed by atoms with Gasteiger partial charge in [0.05, 0.1) is 0 Å². The van der Waals surface area contributed by atoms with E-state index in [-0.39, 0.29) is 18.9 Å². The summed E-state index contributed by atoms with van der Waals surface area (Å²) in [6, 6.07) is 5.66. The van der Waals surface area contributed by atoms with Gasteiger partial charge in [0.25, 0.3) is 0 Å². The molecule has 1 aromatic carbocycles.